The number of rotatable bonds is 4. The molecule has 4 heteroatoms. The number of nitrogens with one attached hydrogen (secondary N) is 1. The minimum Gasteiger partial charge on any atom is -0.466 e. The van der Waals surface area contributed by atoms with Crippen LogP contribution in [0.2, 0.25) is 0 Å². The number of aromatic amines is 1. The smallest absolute Gasteiger partial charge is 0.310 e. The lowest BCUT2D eigenvalue weighted by Gasteiger charge is -2.14. The number of hydrogen-bond acceptors (Lipinski definition) is 3. The van der Waals surface area contributed by atoms with Crippen LogP contribution < -0.4 is 0 Å². The number of carbonyl (C=O) groups excluding carboxylic acids is 1. The largest absolute Gasteiger partial charge is 0.466 e. The lowest BCUT2D eigenvalue weighted by molar-refractivity contribution is -0.142. The Hall–Kier alpha value is -2.10. The van der Waals surface area contributed by atoms with Crippen LogP contribution in [-0.4, -0.2) is 22.5 Å². The molecule has 0 aliphatic rings. The number of hydrogen-bond donors (Lipinski definition) is 1. The van der Waals surface area contributed by atoms with Gasteiger partial charge in [0.05, 0.1) is 24.9 Å². The lowest BCUT2D eigenvalue weighted by atomic mass is 9.96. The highest BCUT2D eigenvalue weighted by Crippen LogP contribution is 2.23. The molecule has 112 valence electrons. The van der Waals surface area contributed by atoms with E-state index in [1.54, 1.807) is 0 Å². The van der Waals surface area contributed by atoms with Crippen molar-refractivity contribution in [1.29, 1.82) is 0 Å². The number of benzene rings is 1. The number of carbonyl (C=O) groups is 1. The summed E-state index contributed by atoms with van der Waals surface area (Å²) in [5, 5.41) is 0. The topological polar surface area (TPSA) is 55.0 Å². The third-order valence-electron chi connectivity index (χ3n) is 3.20. The molecule has 0 atom stereocenters. The molecule has 2 aromatic rings. The van der Waals surface area contributed by atoms with Gasteiger partial charge in [-0.3, -0.25) is 4.79 Å². The van der Waals surface area contributed by atoms with Crippen LogP contribution in [0, 0.1) is 0 Å². The van der Waals surface area contributed by atoms with Crippen LogP contribution in [-0.2, 0) is 21.4 Å². The van der Waals surface area contributed by atoms with Crippen LogP contribution in [0.5, 0.6) is 0 Å². The zero-order chi connectivity index (χ0) is 15.5. The van der Waals surface area contributed by atoms with Crippen molar-refractivity contribution >= 4 is 5.97 Å². The minimum absolute atomic E-state index is 0.00208. The van der Waals surface area contributed by atoms with E-state index < -0.39 is 0 Å². The second-order valence-electron chi connectivity index (χ2n) is 6.07. The molecule has 21 heavy (non-hydrogen) atoms. The van der Waals surface area contributed by atoms with Crippen LogP contribution in [0.3, 0.4) is 0 Å². The van der Waals surface area contributed by atoms with E-state index >= 15 is 0 Å². The highest BCUT2D eigenvalue weighted by Gasteiger charge is 2.17. The summed E-state index contributed by atoms with van der Waals surface area (Å²) in [4.78, 5) is 19.2. The van der Waals surface area contributed by atoms with Gasteiger partial charge < -0.3 is 9.72 Å². The van der Waals surface area contributed by atoms with Crippen molar-refractivity contribution in [2.45, 2.75) is 39.5 Å². The van der Waals surface area contributed by atoms with Crippen molar-refractivity contribution in [2.75, 3.05) is 6.61 Å². The van der Waals surface area contributed by atoms with Gasteiger partial charge in [0.15, 0.2) is 0 Å². The maximum absolute atomic E-state index is 11.4. The number of ether oxygens (including phenoxy) is 1. The zero-order valence-electron chi connectivity index (χ0n) is 13.1. The second kappa shape index (κ2) is 6.12. The molecule has 0 amide bonds. The van der Waals surface area contributed by atoms with E-state index in [1.165, 1.54) is 0 Å². The predicted molar refractivity (Wildman–Crippen MR) is 83.1 cm³/mol. The van der Waals surface area contributed by atoms with Crippen molar-refractivity contribution in [2.24, 2.45) is 0 Å². The normalized spacial score (nSPS) is 11.4. The molecular weight excluding hydrogens is 264 g/mol. The van der Waals surface area contributed by atoms with E-state index in [1.807, 2.05) is 37.4 Å². The summed E-state index contributed by atoms with van der Waals surface area (Å²) in [7, 11) is 0. The van der Waals surface area contributed by atoms with Crippen molar-refractivity contribution in [1.82, 2.24) is 9.97 Å². The molecule has 2 rings (SSSR count). The fraction of sp³-hybridized carbons (Fsp3) is 0.412. The number of aromatic nitrogens is 2. The SMILES string of the molecule is CCOC(=O)Cc1ccc(-c2cnc(C(C)(C)C)[nH]2)cc1. The molecule has 0 saturated carbocycles. The van der Waals surface area contributed by atoms with Crippen LogP contribution in [0.1, 0.15) is 39.1 Å². The van der Waals surface area contributed by atoms with Gasteiger partial charge in [0, 0.05) is 5.41 Å². The summed E-state index contributed by atoms with van der Waals surface area (Å²) in [5.74, 6) is 0.773. The number of imidazole rings is 1. The summed E-state index contributed by atoms with van der Waals surface area (Å²) in [6.45, 7) is 8.60. The number of H-pyrrole nitrogens is 1. The average Bonchev–Trinajstić information content (AvgIpc) is 2.89. The molecule has 1 aromatic heterocycles. The Bertz CT molecular complexity index is 606. The van der Waals surface area contributed by atoms with E-state index in [9.17, 15) is 4.79 Å². The highest BCUT2D eigenvalue weighted by molar-refractivity contribution is 5.73. The summed E-state index contributed by atoms with van der Waals surface area (Å²) in [6.07, 6.45) is 2.16. The van der Waals surface area contributed by atoms with Gasteiger partial charge in [-0.25, -0.2) is 4.98 Å². The Morgan fingerprint density at radius 2 is 1.90 bits per heavy atom. The predicted octanol–water partition coefficient (Wildman–Crippen LogP) is 3.48. The zero-order valence-corrected chi connectivity index (χ0v) is 13.1. The summed E-state index contributed by atoms with van der Waals surface area (Å²) in [6, 6.07) is 7.89. The molecule has 1 aromatic carbocycles. The molecule has 4 nitrogen and oxygen atoms in total. The molecule has 0 unspecified atom stereocenters. The van der Waals surface area contributed by atoms with Crippen LogP contribution >= 0.6 is 0 Å². The first-order valence-electron chi connectivity index (χ1n) is 7.20. The molecule has 0 aliphatic carbocycles. The van der Waals surface area contributed by atoms with Gasteiger partial charge in [0.2, 0.25) is 0 Å². The molecule has 0 aliphatic heterocycles. The molecule has 0 saturated heterocycles. The van der Waals surface area contributed by atoms with Crippen molar-refractivity contribution in [3.63, 3.8) is 0 Å². The maximum atomic E-state index is 11.4. The Kier molecular flexibility index (Phi) is 4.46. The minimum atomic E-state index is -0.193. The van der Waals surface area contributed by atoms with Gasteiger partial charge in [-0.15, -0.1) is 0 Å². The monoisotopic (exact) mass is 286 g/mol. The third kappa shape index (κ3) is 3.94. The Labute approximate surface area is 125 Å². The van der Waals surface area contributed by atoms with Crippen LogP contribution in [0.25, 0.3) is 11.3 Å². The molecule has 0 bridgehead atoms. The Morgan fingerprint density at radius 1 is 1.24 bits per heavy atom. The van der Waals surface area contributed by atoms with Crippen molar-refractivity contribution < 1.29 is 9.53 Å². The lowest BCUT2D eigenvalue weighted by Crippen LogP contribution is -2.13. The van der Waals surface area contributed by atoms with Gasteiger partial charge >= 0.3 is 5.97 Å². The van der Waals surface area contributed by atoms with Gasteiger partial charge in [0.25, 0.3) is 0 Å². The van der Waals surface area contributed by atoms with E-state index in [2.05, 4.69) is 30.7 Å². The van der Waals surface area contributed by atoms with Gasteiger partial charge in [-0.05, 0) is 18.1 Å². The Morgan fingerprint density at radius 3 is 2.43 bits per heavy atom. The standard InChI is InChI=1S/C17H22N2O2/c1-5-21-15(20)10-12-6-8-13(9-7-12)14-11-18-16(19-14)17(2,3)4/h6-9,11H,5,10H2,1-4H3,(H,18,19). The fourth-order valence-electron chi connectivity index (χ4n) is 2.03. The first-order valence-corrected chi connectivity index (χ1v) is 7.20. The quantitative estimate of drug-likeness (QED) is 0.875. The summed E-state index contributed by atoms with van der Waals surface area (Å²) in [5.41, 5.74) is 3.00. The van der Waals surface area contributed by atoms with Crippen molar-refractivity contribution in [3.8, 4) is 11.3 Å². The third-order valence-corrected chi connectivity index (χ3v) is 3.20. The van der Waals surface area contributed by atoms with Gasteiger partial charge in [0.1, 0.15) is 5.82 Å². The molecule has 1 heterocycles. The van der Waals surface area contributed by atoms with Crippen molar-refractivity contribution in [3.05, 3.63) is 41.9 Å². The molecule has 0 spiro atoms. The summed E-state index contributed by atoms with van der Waals surface area (Å²) >= 11 is 0. The first kappa shape index (κ1) is 15.3. The average molecular weight is 286 g/mol. The fourth-order valence-corrected chi connectivity index (χ4v) is 2.03. The molecule has 1 N–H and O–H groups in total. The molecule has 0 fully saturated rings. The molecule has 0 radical (unpaired) electrons. The van der Waals surface area contributed by atoms with Gasteiger partial charge in [-0.2, -0.15) is 0 Å². The van der Waals surface area contributed by atoms with E-state index in [0.29, 0.717) is 13.0 Å². The maximum Gasteiger partial charge on any atom is 0.310 e. The molecular formula is C17H22N2O2. The summed E-state index contributed by atoms with van der Waals surface area (Å²) < 4.78 is 4.95. The number of esters is 1. The van der Waals surface area contributed by atoms with Gasteiger partial charge in [-0.1, -0.05) is 45.0 Å². The van der Waals surface area contributed by atoms with E-state index in [-0.39, 0.29) is 11.4 Å². The van der Waals surface area contributed by atoms with Crippen LogP contribution in [0.4, 0.5) is 0 Å². The van der Waals surface area contributed by atoms with E-state index in [0.717, 1.165) is 22.6 Å². The Balaban J connectivity index is 2.12. The highest BCUT2D eigenvalue weighted by atomic mass is 16.5. The first-order chi connectivity index (χ1) is 9.90. The second-order valence-corrected chi connectivity index (χ2v) is 6.07. The number of nitrogens with zero attached hydrogens (tertiary/aromatic N) is 1. The van der Waals surface area contributed by atoms with E-state index in [4.69, 9.17) is 4.74 Å². The van der Waals surface area contributed by atoms with Crippen LogP contribution in [0.15, 0.2) is 30.5 Å².